The van der Waals surface area contributed by atoms with Gasteiger partial charge in [0, 0.05) is 44.4 Å². The smallest absolute Gasteiger partial charge is 0.399 e. The first-order valence-corrected chi connectivity index (χ1v) is 21.0. The van der Waals surface area contributed by atoms with Crippen molar-refractivity contribution in [2.24, 2.45) is 0 Å². The van der Waals surface area contributed by atoms with Crippen molar-refractivity contribution >= 4 is 67.9 Å². The highest BCUT2D eigenvalue weighted by Crippen LogP contribution is 2.49. The number of benzene rings is 8. The number of hydrogen-bond acceptors (Lipinski definition) is 6. The van der Waals surface area contributed by atoms with E-state index in [9.17, 15) is 71.9 Å². The van der Waals surface area contributed by atoms with Gasteiger partial charge in [0.2, 0.25) is 0 Å². The maximum absolute atomic E-state index is 14.7. The minimum atomic E-state index is -5.29. The Hall–Kier alpha value is -8.68. The van der Waals surface area contributed by atoms with Gasteiger partial charge in [-0.15, -0.1) is 0 Å². The first-order valence-electron chi connectivity index (χ1n) is 21.0. The molecule has 8 nitrogen and oxygen atoms in total. The molecule has 4 amide bonds. The lowest BCUT2D eigenvalue weighted by atomic mass is 9.85. The predicted octanol–water partition coefficient (Wildman–Crippen LogP) is 13.8. The Balaban J connectivity index is 1.04. The van der Waals surface area contributed by atoms with Crippen LogP contribution in [0, 0.1) is 0 Å². The van der Waals surface area contributed by atoms with Gasteiger partial charge in [0.25, 0.3) is 23.6 Å². The fraction of sp³-hybridized carbons (Fsp3) is 0.0769. The molecular formula is C52H26F12N4O4. The van der Waals surface area contributed by atoms with Crippen molar-refractivity contribution in [2.45, 2.75) is 24.7 Å². The van der Waals surface area contributed by atoms with Crippen LogP contribution in [0.15, 0.2) is 133 Å². The zero-order valence-corrected chi connectivity index (χ0v) is 35.9. The number of rotatable bonds is 5. The number of hydrogen-bond donors (Lipinski definition) is 2. The normalized spacial score (nSPS) is 14.3. The van der Waals surface area contributed by atoms with Crippen molar-refractivity contribution in [1.29, 1.82) is 0 Å². The number of carbonyl (C=O) groups is 4. The second-order valence-corrected chi connectivity index (χ2v) is 16.7. The van der Waals surface area contributed by atoms with E-state index in [1.807, 2.05) is 0 Å². The van der Waals surface area contributed by atoms with E-state index in [4.69, 9.17) is 11.5 Å². The predicted molar refractivity (Wildman–Crippen MR) is 242 cm³/mol. The molecule has 0 fully saturated rings. The van der Waals surface area contributed by atoms with E-state index in [0.717, 1.165) is 48.5 Å². The van der Waals surface area contributed by atoms with E-state index in [0.29, 0.717) is 45.2 Å². The van der Waals surface area contributed by atoms with E-state index in [1.165, 1.54) is 60.7 Å². The van der Waals surface area contributed by atoms with Crippen LogP contribution in [-0.4, -0.2) is 23.6 Å². The lowest BCUT2D eigenvalue weighted by molar-refractivity contribution is -0.139. The highest BCUT2D eigenvalue weighted by atomic mass is 19.4. The number of nitrogen functional groups attached to an aromatic ring is 2. The molecule has 362 valence electrons. The van der Waals surface area contributed by atoms with Crippen LogP contribution in [0.5, 0.6) is 0 Å². The van der Waals surface area contributed by atoms with Crippen molar-refractivity contribution in [3.63, 3.8) is 0 Å². The Morgan fingerprint density at radius 2 is 0.569 bits per heavy atom. The van der Waals surface area contributed by atoms with E-state index >= 15 is 0 Å². The van der Waals surface area contributed by atoms with Gasteiger partial charge in [-0.05, 0) is 117 Å². The molecule has 0 aromatic heterocycles. The molecule has 10 rings (SSSR count). The zero-order chi connectivity index (χ0) is 51.7. The van der Waals surface area contributed by atoms with Gasteiger partial charge >= 0.3 is 24.7 Å². The van der Waals surface area contributed by atoms with Crippen LogP contribution >= 0.6 is 0 Å². The fourth-order valence-electron chi connectivity index (χ4n) is 9.48. The summed E-state index contributed by atoms with van der Waals surface area (Å²) in [7, 11) is 0. The Morgan fingerprint density at radius 1 is 0.306 bits per heavy atom. The molecule has 0 bridgehead atoms. The molecular weight excluding hydrogens is 973 g/mol. The molecule has 8 aromatic rings. The minimum absolute atomic E-state index is 0.0645. The molecule has 4 N–H and O–H groups in total. The number of nitrogens with two attached hydrogens (primary N) is 2. The van der Waals surface area contributed by atoms with Gasteiger partial charge < -0.3 is 11.5 Å². The molecule has 0 radical (unpaired) electrons. The number of anilines is 4. The Kier molecular flexibility index (Phi) is 10.4. The van der Waals surface area contributed by atoms with Gasteiger partial charge in [-0.2, -0.15) is 52.7 Å². The Labute approximate surface area is 396 Å². The summed E-state index contributed by atoms with van der Waals surface area (Å²) in [6.45, 7) is 0. The van der Waals surface area contributed by atoms with Gasteiger partial charge in [-0.3, -0.25) is 19.2 Å². The van der Waals surface area contributed by atoms with Crippen LogP contribution in [0.2, 0.25) is 0 Å². The lowest BCUT2D eigenvalue weighted by Gasteiger charge is -2.30. The largest absolute Gasteiger partial charge is 0.417 e. The van der Waals surface area contributed by atoms with Crippen molar-refractivity contribution in [1.82, 2.24) is 0 Å². The second kappa shape index (κ2) is 15.9. The summed E-state index contributed by atoms with van der Waals surface area (Å²) < 4.78 is 173. The second-order valence-electron chi connectivity index (χ2n) is 16.7. The SMILES string of the molecule is Nc1ccc(-c2ccc(N3C(=O)c4cccc5c(-c6ccc7c8c(cccc68)C(=O)N(c6ccc(-c8ccc(N)cc8C(F)(F)F)c(C(F)(F)F)c6)C7=O)ccc(c45)C3=O)cc2C(F)(F)F)c(C(F)(F)F)c1. The third-order valence-corrected chi connectivity index (χ3v) is 12.5. The maximum Gasteiger partial charge on any atom is 0.417 e. The summed E-state index contributed by atoms with van der Waals surface area (Å²) in [6.07, 6.45) is -20.8. The maximum atomic E-state index is 14.7. The monoisotopic (exact) mass is 998 g/mol. The molecule has 2 aliphatic heterocycles. The molecule has 72 heavy (non-hydrogen) atoms. The van der Waals surface area contributed by atoms with Crippen LogP contribution in [0.1, 0.15) is 63.7 Å². The van der Waals surface area contributed by atoms with E-state index in [1.54, 1.807) is 0 Å². The summed E-state index contributed by atoms with van der Waals surface area (Å²) >= 11 is 0. The molecule has 2 aliphatic rings. The molecule has 20 heteroatoms. The average molecular weight is 999 g/mol. The van der Waals surface area contributed by atoms with Crippen LogP contribution in [0.25, 0.3) is 54.9 Å². The summed E-state index contributed by atoms with van der Waals surface area (Å²) in [6, 6.07) is 22.6. The molecule has 0 unspecified atom stereocenters. The van der Waals surface area contributed by atoms with Crippen molar-refractivity contribution in [3.8, 4) is 33.4 Å². The number of imide groups is 2. The van der Waals surface area contributed by atoms with Crippen molar-refractivity contribution in [2.75, 3.05) is 21.3 Å². The van der Waals surface area contributed by atoms with Crippen LogP contribution in [0.3, 0.4) is 0 Å². The standard InChI is InChI=1S/C52H26F12N4O4/c53-49(54,55)39-19-23(65)7-11-29(39)31-13-9-25(21-41(31)51(59,60)61)67-45(69)35-5-1-3-33-27(15-17-37(43(33)35)47(67)71)28-16-18-38-44-34(28)4-2-6-36(44)46(70)68(48(38)72)26-10-14-32(42(22-26)52(62,63)64)30-12-8-24(66)20-40(30)50(56,57)58/h1-22H,65-66H2. The Bertz CT molecular complexity index is 3440. The quantitative estimate of drug-likeness (QED) is 0.100. The van der Waals surface area contributed by atoms with Gasteiger partial charge in [-0.1, -0.05) is 60.7 Å². The van der Waals surface area contributed by atoms with E-state index in [-0.39, 0.29) is 55.2 Å². The fourth-order valence-corrected chi connectivity index (χ4v) is 9.48. The van der Waals surface area contributed by atoms with Gasteiger partial charge in [0.15, 0.2) is 0 Å². The molecule has 0 aliphatic carbocycles. The zero-order valence-electron chi connectivity index (χ0n) is 35.9. The van der Waals surface area contributed by atoms with Gasteiger partial charge in [0.05, 0.1) is 33.6 Å². The third kappa shape index (κ3) is 7.43. The topological polar surface area (TPSA) is 127 Å². The number of alkyl halides is 12. The number of halogens is 12. The van der Waals surface area contributed by atoms with Crippen LogP contribution < -0.4 is 21.3 Å². The molecule has 8 aromatic carbocycles. The number of nitrogens with zero attached hydrogens (tertiary/aromatic N) is 2. The molecule has 0 spiro atoms. The first-order chi connectivity index (χ1) is 33.8. The Morgan fingerprint density at radius 3 is 0.889 bits per heavy atom. The third-order valence-electron chi connectivity index (χ3n) is 12.5. The van der Waals surface area contributed by atoms with Crippen molar-refractivity contribution < 1.29 is 71.9 Å². The van der Waals surface area contributed by atoms with Crippen LogP contribution in [0.4, 0.5) is 75.4 Å². The highest BCUT2D eigenvalue weighted by molar-refractivity contribution is 6.38. The summed E-state index contributed by atoms with van der Waals surface area (Å²) in [5, 5.41) is 0.640. The van der Waals surface area contributed by atoms with E-state index in [2.05, 4.69) is 0 Å². The molecule has 0 saturated heterocycles. The highest BCUT2D eigenvalue weighted by Gasteiger charge is 2.43. The molecule has 0 atom stereocenters. The molecule has 2 heterocycles. The average Bonchev–Trinajstić information content (AvgIpc) is 3.31. The number of carbonyl (C=O) groups excluding carboxylic acids is 4. The molecule has 0 saturated carbocycles. The summed E-state index contributed by atoms with van der Waals surface area (Å²) in [5.74, 6) is -4.32. The van der Waals surface area contributed by atoms with Crippen molar-refractivity contribution in [3.05, 3.63) is 178 Å². The van der Waals surface area contributed by atoms with Gasteiger partial charge in [0.1, 0.15) is 0 Å². The number of amides is 4. The minimum Gasteiger partial charge on any atom is -0.399 e. The lowest BCUT2D eigenvalue weighted by Crippen LogP contribution is -2.40. The summed E-state index contributed by atoms with van der Waals surface area (Å²) in [4.78, 5) is 58.0. The summed E-state index contributed by atoms with van der Waals surface area (Å²) in [5.41, 5.74) is -0.395. The van der Waals surface area contributed by atoms with Gasteiger partial charge in [-0.25, -0.2) is 9.80 Å². The van der Waals surface area contributed by atoms with Crippen LogP contribution in [-0.2, 0) is 24.7 Å². The van der Waals surface area contributed by atoms with E-state index < -0.39 is 104 Å². The first kappa shape index (κ1) is 47.0.